The number of furan rings is 1. The number of aliphatic hydroxyl groups is 2. The Balaban J connectivity index is 1.20. The van der Waals surface area contributed by atoms with Gasteiger partial charge in [0.1, 0.15) is 12.2 Å². The van der Waals surface area contributed by atoms with Crippen LogP contribution in [0.1, 0.15) is 90.2 Å². The van der Waals surface area contributed by atoms with Crippen LogP contribution < -0.4 is 4.74 Å². The molecule has 190 valence electrons. The fourth-order valence-corrected chi connectivity index (χ4v) is 9.62. The molecule has 0 bridgehead atoms. The van der Waals surface area contributed by atoms with Crippen molar-refractivity contribution in [2.24, 2.45) is 34.5 Å². The maximum absolute atomic E-state index is 12.1. The van der Waals surface area contributed by atoms with Crippen molar-refractivity contribution >= 4 is 0 Å². The summed E-state index contributed by atoms with van der Waals surface area (Å²) in [7, 11) is 0. The van der Waals surface area contributed by atoms with Crippen LogP contribution in [0.5, 0.6) is 5.75 Å². The van der Waals surface area contributed by atoms with E-state index >= 15 is 0 Å². The van der Waals surface area contributed by atoms with Gasteiger partial charge in [-0.2, -0.15) is 0 Å². The number of hydrogen-bond donors (Lipinski definition) is 2. The van der Waals surface area contributed by atoms with Crippen molar-refractivity contribution in [2.45, 2.75) is 96.2 Å². The minimum absolute atomic E-state index is 0.104. The molecule has 5 fully saturated rings. The molecule has 5 nitrogen and oxygen atoms in total. The third-order valence-corrected chi connectivity index (χ3v) is 11.5. The van der Waals surface area contributed by atoms with Gasteiger partial charge in [0.2, 0.25) is 0 Å². The Bertz CT molecular complexity index is 879. The van der Waals surface area contributed by atoms with Crippen LogP contribution in [-0.4, -0.2) is 47.5 Å². The summed E-state index contributed by atoms with van der Waals surface area (Å²) in [6.45, 7) is 8.76. The van der Waals surface area contributed by atoms with Crippen LogP contribution >= 0.6 is 0 Å². The van der Waals surface area contributed by atoms with E-state index in [-0.39, 0.29) is 16.9 Å². The van der Waals surface area contributed by atoms with Crippen LogP contribution in [-0.2, 0) is 5.60 Å². The summed E-state index contributed by atoms with van der Waals surface area (Å²) in [5, 5.41) is 22.9. The van der Waals surface area contributed by atoms with E-state index < -0.39 is 5.60 Å². The summed E-state index contributed by atoms with van der Waals surface area (Å²) in [5.74, 6) is 4.04. The van der Waals surface area contributed by atoms with Gasteiger partial charge in [-0.05, 0) is 118 Å². The number of ether oxygens (including phenoxy) is 1. The highest BCUT2D eigenvalue weighted by Gasteiger charge is 2.62. The maximum atomic E-state index is 12.1. The summed E-state index contributed by atoms with van der Waals surface area (Å²) in [6, 6.07) is 1.90. The molecule has 2 heterocycles. The minimum atomic E-state index is -0.949. The van der Waals surface area contributed by atoms with Crippen molar-refractivity contribution in [3.8, 4) is 5.75 Å². The first kappa shape index (κ1) is 23.4. The molecule has 4 aliphatic carbocycles. The molecule has 1 aliphatic heterocycles. The first-order chi connectivity index (χ1) is 16.3. The molecule has 5 aliphatic rings. The number of aliphatic hydroxyl groups excluding tert-OH is 1. The third-order valence-electron chi connectivity index (χ3n) is 11.5. The number of hydrogen-bond acceptors (Lipinski definition) is 5. The van der Waals surface area contributed by atoms with Gasteiger partial charge in [0.15, 0.2) is 11.5 Å². The lowest BCUT2D eigenvalue weighted by molar-refractivity contribution is -0.169. The van der Waals surface area contributed by atoms with Crippen LogP contribution in [0.3, 0.4) is 0 Å². The Morgan fingerprint density at radius 2 is 1.79 bits per heavy atom. The van der Waals surface area contributed by atoms with Crippen LogP contribution in [0, 0.1) is 34.5 Å². The number of nitrogens with zero attached hydrogens (tertiary/aromatic N) is 1. The van der Waals surface area contributed by atoms with Gasteiger partial charge in [-0.25, -0.2) is 0 Å². The Morgan fingerprint density at radius 1 is 1.00 bits per heavy atom. The molecule has 6 rings (SSSR count). The molecular formula is C29H45NO4. The monoisotopic (exact) mass is 471 g/mol. The Hall–Kier alpha value is -1.04. The van der Waals surface area contributed by atoms with Gasteiger partial charge in [0, 0.05) is 12.6 Å². The lowest BCUT2D eigenvalue weighted by Gasteiger charge is -2.62. The number of likely N-dealkylation sites (tertiary alicyclic amines) is 1. The van der Waals surface area contributed by atoms with E-state index in [0.717, 1.165) is 44.4 Å². The highest BCUT2D eigenvalue weighted by molar-refractivity contribution is 5.31. The van der Waals surface area contributed by atoms with Crippen LogP contribution in [0.15, 0.2) is 16.7 Å². The molecule has 0 radical (unpaired) electrons. The normalized spacial score (nSPS) is 46.6. The van der Waals surface area contributed by atoms with Crippen LogP contribution in [0.25, 0.3) is 0 Å². The van der Waals surface area contributed by atoms with Crippen LogP contribution in [0.2, 0.25) is 0 Å². The van der Waals surface area contributed by atoms with Gasteiger partial charge >= 0.3 is 0 Å². The summed E-state index contributed by atoms with van der Waals surface area (Å²) >= 11 is 0. The lowest BCUT2D eigenvalue weighted by Crippen LogP contribution is -2.56. The topological polar surface area (TPSA) is 66.1 Å². The highest BCUT2D eigenvalue weighted by atomic mass is 16.5. The van der Waals surface area contributed by atoms with Gasteiger partial charge in [0.25, 0.3) is 0 Å². The zero-order valence-corrected chi connectivity index (χ0v) is 21.3. The van der Waals surface area contributed by atoms with E-state index in [1.807, 2.05) is 6.07 Å². The van der Waals surface area contributed by atoms with E-state index in [9.17, 15) is 10.2 Å². The molecule has 0 amide bonds. The molecule has 2 N–H and O–H groups in total. The van der Waals surface area contributed by atoms with E-state index in [0.29, 0.717) is 36.0 Å². The molecular weight excluding hydrogens is 426 g/mol. The predicted octanol–water partition coefficient (Wildman–Crippen LogP) is 5.35. The van der Waals surface area contributed by atoms with Crippen LogP contribution in [0.4, 0.5) is 0 Å². The predicted molar refractivity (Wildman–Crippen MR) is 132 cm³/mol. The highest BCUT2D eigenvalue weighted by Crippen LogP contribution is 2.68. The average molecular weight is 472 g/mol. The zero-order chi connectivity index (χ0) is 23.6. The summed E-state index contributed by atoms with van der Waals surface area (Å²) in [6.07, 6.45) is 13.8. The van der Waals surface area contributed by atoms with Gasteiger partial charge in [0.05, 0.1) is 12.4 Å². The van der Waals surface area contributed by atoms with Crippen molar-refractivity contribution in [3.05, 3.63) is 18.1 Å². The van der Waals surface area contributed by atoms with E-state index in [1.54, 1.807) is 6.26 Å². The molecule has 1 aromatic heterocycles. The molecule has 34 heavy (non-hydrogen) atoms. The fourth-order valence-electron chi connectivity index (χ4n) is 9.62. The summed E-state index contributed by atoms with van der Waals surface area (Å²) in [5.41, 5.74) is -0.730. The fraction of sp³-hybridized carbons (Fsp3) is 0.862. The maximum Gasteiger partial charge on any atom is 0.177 e. The molecule has 5 heteroatoms. The van der Waals surface area contributed by atoms with E-state index in [1.165, 1.54) is 51.6 Å². The quantitative estimate of drug-likeness (QED) is 0.606. The molecule has 4 saturated carbocycles. The largest absolute Gasteiger partial charge is 0.488 e. The van der Waals surface area contributed by atoms with E-state index in [2.05, 4.69) is 18.7 Å². The smallest absolute Gasteiger partial charge is 0.177 e. The molecule has 8 atom stereocenters. The Kier molecular flexibility index (Phi) is 5.86. The molecule has 1 aromatic rings. The second-order valence-corrected chi connectivity index (χ2v) is 13.1. The van der Waals surface area contributed by atoms with Crippen molar-refractivity contribution < 1.29 is 19.4 Å². The molecule has 1 saturated heterocycles. The first-order valence-electron chi connectivity index (χ1n) is 14.2. The van der Waals surface area contributed by atoms with Crippen molar-refractivity contribution in [1.82, 2.24) is 4.90 Å². The second-order valence-electron chi connectivity index (χ2n) is 13.1. The molecule has 0 spiro atoms. The van der Waals surface area contributed by atoms with E-state index in [4.69, 9.17) is 9.15 Å². The van der Waals surface area contributed by atoms with Gasteiger partial charge in [-0.3, -0.25) is 4.90 Å². The SMILES string of the molecule is C[C@]12CC(O)(c3occc3OCCN3CCCC3)CCC1CC[C@@H]1[C@H]2CC[C@]2(C)C(O)CC[C@@H]12. The Labute approximate surface area is 205 Å². The Morgan fingerprint density at radius 3 is 2.62 bits per heavy atom. The molecule has 3 unspecified atom stereocenters. The standard InChI is InChI=1S/C29H45NO4/c1-27-12-10-23-21(22(27)7-8-25(27)31)6-5-20-9-13-29(32,19-28(20,23)2)26-24(11-17-34-26)33-18-16-30-14-3-4-15-30/h11,17,20-23,25,31-32H,3-10,12-16,18-19H2,1-2H3/t20?,21-,22-,23+,25?,27-,28-,29?/m0/s1. The van der Waals surface area contributed by atoms with Crippen molar-refractivity contribution in [2.75, 3.05) is 26.2 Å². The molecule has 0 aromatic carbocycles. The number of rotatable bonds is 5. The first-order valence-corrected chi connectivity index (χ1v) is 14.2. The summed E-state index contributed by atoms with van der Waals surface area (Å²) in [4.78, 5) is 2.46. The van der Waals surface area contributed by atoms with Gasteiger partial charge in [-0.15, -0.1) is 0 Å². The van der Waals surface area contributed by atoms with Gasteiger partial charge in [-0.1, -0.05) is 13.8 Å². The average Bonchev–Trinajstić information content (AvgIpc) is 3.55. The van der Waals surface area contributed by atoms with Crippen molar-refractivity contribution in [1.29, 1.82) is 0 Å². The number of fused-ring (bicyclic) bond motifs is 5. The minimum Gasteiger partial charge on any atom is -0.488 e. The third kappa shape index (κ3) is 3.59. The second kappa shape index (κ2) is 8.52. The lowest BCUT2D eigenvalue weighted by atomic mass is 9.44. The van der Waals surface area contributed by atoms with Crippen molar-refractivity contribution in [3.63, 3.8) is 0 Å². The summed E-state index contributed by atoms with van der Waals surface area (Å²) < 4.78 is 12.2. The zero-order valence-electron chi connectivity index (χ0n) is 21.3. The van der Waals surface area contributed by atoms with Gasteiger partial charge < -0.3 is 19.4 Å².